The Labute approximate surface area is 142 Å². The molecule has 0 aliphatic carbocycles. The van der Waals surface area contributed by atoms with Crippen LogP contribution in [0.5, 0.6) is 0 Å². The van der Waals surface area contributed by atoms with Crippen LogP contribution in [0.3, 0.4) is 0 Å². The Morgan fingerprint density at radius 3 is 2.95 bits per heavy atom. The maximum atomic E-state index is 11.6. The van der Waals surface area contributed by atoms with E-state index in [-0.39, 0.29) is 11.7 Å². The number of thioether (sulfide) groups is 1. The van der Waals surface area contributed by atoms with E-state index in [4.69, 9.17) is 4.74 Å². The summed E-state index contributed by atoms with van der Waals surface area (Å²) in [7, 11) is 0. The molecular formula is C15H18BrN3O2S. The number of benzene rings is 1. The highest BCUT2D eigenvalue weighted by atomic mass is 79.9. The molecule has 118 valence electrons. The number of halogens is 1. The Morgan fingerprint density at radius 2 is 2.18 bits per heavy atom. The van der Waals surface area contributed by atoms with Gasteiger partial charge in [-0.25, -0.2) is 4.98 Å². The third kappa shape index (κ3) is 5.14. The molecule has 0 saturated heterocycles. The number of H-pyrrole nitrogens is 1. The first-order valence-electron chi connectivity index (χ1n) is 7.16. The van der Waals surface area contributed by atoms with Crippen molar-refractivity contribution in [2.24, 2.45) is 0 Å². The Hall–Kier alpha value is -1.34. The van der Waals surface area contributed by atoms with Gasteiger partial charge in [-0.05, 0) is 12.5 Å². The van der Waals surface area contributed by atoms with Gasteiger partial charge < -0.3 is 4.74 Å². The summed E-state index contributed by atoms with van der Waals surface area (Å²) in [5.74, 6) is 0.666. The normalized spacial score (nSPS) is 10.6. The molecule has 5 nitrogen and oxygen atoms in total. The van der Waals surface area contributed by atoms with Crippen LogP contribution >= 0.6 is 27.7 Å². The molecule has 22 heavy (non-hydrogen) atoms. The number of rotatable bonds is 8. The Kier molecular flexibility index (Phi) is 6.92. The van der Waals surface area contributed by atoms with Crippen molar-refractivity contribution in [3.8, 4) is 11.4 Å². The molecule has 0 aliphatic heterocycles. The molecule has 0 unspecified atom stereocenters. The summed E-state index contributed by atoms with van der Waals surface area (Å²) in [6.07, 6.45) is 3.11. The second-order valence-electron chi connectivity index (χ2n) is 4.66. The number of nitrogens with zero attached hydrogens (tertiary/aromatic N) is 2. The zero-order valence-corrected chi connectivity index (χ0v) is 14.7. The van der Waals surface area contributed by atoms with Crippen molar-refractivity contribution in [2.45, 2.75) is 31.3 Å². The second-order valence-corrected chi connectivity index (χ2v) is 6.46. The van der Waals surface area contributed by atoms with Crippen molar-refractivity contribution in [1.29, 1.82) is 0 Å². The molecule has 0 spiro atoms. The quantitative estimate of drug-likeness (QED) is 0.422. The van der Waals surface area contributed by atoms with Crippen molar-refractivity contribution in [1.82, 2.24) is 15.2 Å². The van der Waals surface area contributed by atoms with Crippen LogP contribution in [-0.2, 0) is 9.53 Å². The molecule has 0 fully saturated rings. The molecule has 1 N–H and O–H groups in total. The zero-order chi connectivity index (χ0) is 15.8. The number of hydrogen-bond acceptors (Lipinski definition) is 5. The van der Waals surface area contributed by atoms with Crippen molar-refractivity contribution in [2.75, 3.05) is 12.4 Å². The summed E-state index contributed by atoms with van der Waals surface area (Å²) in [5, 5.41) is 7.53. The standard InChI is InChI=1S/C15H18BrN3O2S/c1-2-3-6-9-21-13(20)10-22-15-17-14(18-19-15)11-7-4-5-8-12(11)16/h4-5,7-8H,2-3,6,9-10H2,1H3,(H,17,18,19). The number of esters is 1. The minimum absolute atomic E-state index is 0.222. The van der Waals surface area contributed by atoms with Crippen LogP contribution in [0.2, 0.25) is 0 Å². The maximum Gasteiger partial charge on any atom is 0.316 e. The smallest absolute Gasteiger partial charge is 0.316 e. The molecule has 0 radical (unpaired) electrons. The number of ether oxygens (including phenoxy) is 1. The van der Waals surface area contributed by atoms with Gasteiger partial charge in [-0.3, -0.25) is 9.89 Å². The summed E-state index contributed by atoms with van der Waals surface area (Å²) < 4.78 is 6.09. The van der Waals surface area contributed by atoms with Crippen LogP contribution in [0.4, 0.5) is 0 Å². The van der Waals surface area contributed by atoms with Crippen LogP contribution in [-0.4, -0.2) is 33.5 Å². The largest absolute Gasteiger partial charge is 0.465 e. The van der Waals surface area contributed by atoms with Gasteiger partial charge in [0.1, 0.15) is 0 Å². The minimum atomic E-state index is -0.228. The average Bonchev–Trinajstić information content (AvgIpc) is 2.99. The van der Waals surface area contributed by atoms with Gasteiger partial charge in [0.05, 0.1) is 12.4 Å². The van der Waals surface area contributed by atoms with E-state index in [9.17, 15) is 4.79 Å². The SMILES string of the molecule is CCCCCOC(=O)CSc1n[nH]c(-c2ccccc2Br)n1. The van der Waals surface area contributed by atoms with E-state index in [1.165, 1.54) is 11.8 Å². The lowest BCUT2D eigenvalue weighted by Gasteiger charge is -2.02. The van der Waals surface area contributed by atoms with Gasteiger partial charge in [-0.15, -0.1) is 5.10 Å². The van der Waals surface area contributed by atoms with Crippen LogP contribution < -0.4 is 0 Å². The Morgan fingerprint density at radius 1 is 1.36 bits per heavy atom. The second kappa shape index (κ2) is 8.95. The van der Waals surface area contributed by atoms with Gasteiger partial charge in [0.15, 0.2) is 5.82 Å². The van der Waals surface area contributed by atoms with E-state index in [1.54, 1.807) is 0 Å². The average molecular weight is 384 g/mol. The summed E-state index contributed by atoms with van der Waals surface area (Å²) in [5.41, 5.74) is 0.934. The molecule has 0 bridgehead atoms. The predicted molar refractivity (Wildman–Crippen MR) is 90.7 cm³/mol. The first-order chi connectivity index (χ1) is 10.7. The van der Waals surface area contributed by atoms with Gasteiger partial charge in [-0.2, -0.15) is 0 Å². The maximum absolute atomic E-state index is 11.6. The summed E-state index contributed by atoms with van der Waals surface area (Å²) in [6, 6.07) is 7.76. The highest BCUT2D eigenvalue weighted by Gasteiger charge is 2.11. The first kappa shape index (κ1) is 17.0. The number of aromatic nitrogens is 3. The summed E-state index contributed by atoms with van der Waals surface area (Å²) in [6.45, 7) is 2.60. The number of aromatic amines is 1. The fraction of sp³-hybridized carbons (Fsp3) is 0.400. The lowest BCUT2D eigenvalue weighted by molar-refractivity contribution is -0.140. The highest BCUT2D eigenvalue weighted by molar-refractivity contribution is 9.10. The van der Waals surface area contributed by atoms with Crippen molar-refractivity contribution in [3.05, 3.63) is 28.7 Å². The number of hydrogen-bond donors (Lipinski definition) is 1. The van der Waals surface area contributed by atoms with E-state index in [0.717, 1.165) is 29.3 Å². The molecule has 0 saturated carbocycles. The van der Waals surface area contributed by atoms with E-state index < -0.39 is 0 Å². The molecule has 7 heteroatoms. The minimum Gasteiger partial charge on any atom is -0.465 e. The highest BCUT2D eigenvalue weighted by Crippen LogP contribution is 2.26. The predicted octanol–water partition coefficient (Wildman–Crippen LogP) is 4.06. The Balaban J connectivity index is 1.83. The number of carbonyl (C=O) groups is 1. The fourth-order valence-electron chi connectivity index (χ4n) is 1.79. The first-order valence-corrected chi connectivity index (χ1v) is 8.94. The van der Waals surface area contributed by atoms with E-state index in [1.807, 2.05) is 24.3 Å². The monoisotopic (exact) mass is 383 g/mol. The third-order valence-electron chi connectivity index (χ3n) is 2.92. The van der Waals surface area contributed by atoms with E-state index in [0.29, 0.717) is 17.6 Å². The molecule has 1 heterocycles. The van der Waals surface area contributed by atoms with Crippen LogP contribution in [0.25, 0.3) is 11.4 Å². The molecule has 2 rings (SSSR count). The Bertz CT molecular complexity index is 618. The summed E-state index contributed by atoms with van der Waals surface area (Å²) >= 11 is 4.75. The molecule has 1 aromatic carbocycles. The number of carbonyl (C=O) groups excluding carboxylic acids is 1. The van der Waals surface area contributed by atoms with Crippen molar-refractivity contribution < 1.29 is 9.53 Å². The van der Waals surface area contributed by atoms with Gasteiger partial charge in [0.25, 0.3) is 0 Å². The van der Waals surface area contributed by atoms with Gasteiger partial charge >= 0.3 is 5.97 Å². The lowest BCUT2D eigenvalue weighted by Crippen LogP contribution is -2.08. The molecule has 0 aliphatic rings. The molecule has 0 atom stereocenters. The summed E-state index contributed by atoms with van der Waals surface area (Å²) in [4.78, 5) is 16.0. The molecule has 2 aromatic rings. The number of unbranched alkanes of at least 4 members (excludes halogenated alkanes) is 2. The van der Waals surface area contributed by atoms with Crippen molar-refractivity contribution in [3.63, 3.8) is 0 Å². The molecule has 0 amide bonds. The van der Waals surface area contributed by atoms with Crippen LogP contribution in [0.1, 0.15) is 26.2 Å². The topological polar surface area (TPSA) is 67.9 Å². The molecule has 1 aromatic heterocycles. The van der Waals surface area contributed by atoms with Gasteiger partial charge in [0, 0.05) is 10.0 Å². The third-order valence-corrected chi connectivity index (χ3v) is 4.44. The fourth-order valence-corrected chi connectivity index (χ4v) is 2.86. The van der Waals surface area contributed by atoms with Gasteiger partial charge in [0.2, 0.25) is 5.16 Å². The van der Waals surface area contributed by atoms with Gasteiger partial charge in [-0.1, -0.05) is 65.7 Å². The van der Waals surface area contributed by atoms with E-state index in [2.05, 4.69) is 38.0 Å². The molecular weight excluding hydrogens is 366 g/mol. The number of nitrogens with one attached hydrogen (secondary N) is 1. The van der Waals surface area contributed by atoms with Crippen molar-refractivity contribution >= 4 is 33.7 Å². The van der Waals surface area contributed by atoms with Crippen LogP contribution in [0, 0.1) is 0 Å². The van der Waals surface area contributed by atoms with E-state index >= 15 is 0 Å². The lowest BCUT2D eigenvalue weighted by atomic mass is 10.2. The zero-order valence-electron chi connectivity index (χ0n) is 12.3. The van der Waals surface area contributed by atoms with Crippen LogP contribution in [0.15, 0.2) is 33.9 Å².